The Morgan fingerprint density at radius 2 is 1.52 bits per heavy atom. The van der Waals surface area contributed by atoms with E-state index in [9.17, 15) is 8.42 Å². The lowest BCUT2D eigenvalue weighted by atomic mass is 10.3. The fraction of sp³-hybridized carbons (Fsp3) is 0. The van der Waals surface area contributed by atoms with Crippen molar-refractivity contribution in [3.8, 4) is 0 Å². The molecule has 0 radical (unpaired) electrons. The van der Waals surface area contributed by atoms with Crippen LogP contribution in [0.25, 0.3) is 0 Å². The van der Waals surface area contributed by atoms with Crippen LogP contribution in [0.4, 0.5) is 11.4 Å². The molecule has 7 N–H and O–H groups in total. The standard InChI is InChI=1S/C14H16N6O2S/c15-13(16)19-14(17)18-10-6-8-12(9-7-10)23(21,22)20-11-4-2-1-3-5-11/h1-9,20H,(H6,15,16,17,18,19). The molecule has 0 aromatic heterocycles. The number of nitrogens with two attached hydrogens (primary N) is 3. The number of para-hydroxylation sites is 1. The van der Waals surface area contributed by atoms with Crippen LogP contribution in [-0.4, -0.2) is 20.3 Å². The fourth-order valence-corrected chi connectivity index (χ4v) is 2.77. The molecular weight excluding hydrogens is 316 g/mol. The first-order valence-corrected chi connectivity index (χ1v) is 7.97. The highest BCUT2D eigenvalue weighted by molar-refractivity contribution is 7.92. The number of aliphatic imine (C=N–C) groups is 2. The second-order valence-corrected chi connectivity index (χ2v) is 6.15. The molecule has 2 rings (SSSR count). The first-order valence-electron chi connectivity index (χ1n) is 6.48. The Balaban J connectivity index is 2.20. The van der Waals surface area contributed by atoms with Gasteiger partial charge in [0.2, 0.25) is 5.96 Å². The first kappa shape index (κ1) is 16.3. The lowest BCUT2D eigenvalue weighted by molar-refractivity contribution is 0.601. The van der Waals surface area contributed by atoms with Crippen molar-refractivity contribution < 1.29 is 8.42 Å². The summed E-state index contributed by atoms with van der Waals surface area (Å²) in [5.74, 6) is -0.333. The third-order valence-corrected chi connectivity index (χ3v) is 4.06. The van der Waals surface area contributed by atoms with E-state index in [1.165, 1.54) is 24.3 Å². The van der Waals surface area contributed by atoms with Crippen LogP contribution in [0.15, 0.2) is 69.5 Å². The van der Waals surface area contributed by atoms with Crippen LogP contribution in [0.5, 0.6) is 0 Å². The maximum absolute atomic E-state index is 12.3. The number of anilines is 1. The molecule has 2 aromatic carbocycles. The van der Waals surface area contributed by atoms with Crippen molar-refractivity contribution in [2.75, 3.05) is 4.72 Å². The minimum atomic E-state index is -3.67. The zero-order chi connectivity index (χ0) is 16.9. The highest BCUT2D eigenvalue weighted by atomic mass is 32.2. The highest BCUT2D eigenvalue weighted by Gasteiger charge is 2.13. The van der Waals surface area contributed by atoms with Crippen LogP contribution in [0.1, 0.15) is 0 Å². The van der Waals surface area contributed by atoms with Gasteiger partial charge in [-0.2, -0.15) is 4.99 Å². The molecule has 0 saturated carbocycles. The molecule has 9 heteroatoms. The molecule has 120 valence electrons. The quantitative estimate of drug-likeness (QED) is 0.480. The Morgan fingerprint density at radius 3 is 2.09 bits per heavy atom. The summed E-state index contributed by atoms with van der Waals surface area (Å²) in [6, 6.07) is 14.4. The predicted octanol–water partition coefficient (Wildman–Crippen LogP) is 0.707. The molecule has 0 heterocycles. The number of rotatable bonds is 4. The van der Waals surface area contributed by atoms with Crippen molar-refractivity contribution in [2.45, 2.75) is 4.90 Å². The Morgan fingerprint density at radius 1 is 0.913 bits per heavy atom. The zero-order valence-electron chi connectivity index (χ0n) is 12.0. The molecule has 0 unspecified atom stereocenters. The van der Waals surface area contributed by atoms with Crippen molar-refractivity contribution in [1.29, 1.82) is 0 Å². The summed E-state index contributed by atoms with van der Waals surface area (Å²) in [6.45, 7) is 0. The second kappa shape index (κ2) is 6.79. The van der Waals surface area contributed by atoms with E-state index in [-0.39, 0.29) is 16.8 Å². The molecule has 0 bridgehead atoms. The van der Waals surface area contributed by atoms with Crippen molar-refractivity contribution in [3.05, 3.63) is 54.6 Å². The van der Waals surface area contributed by atoms with Gasteiger partial charge in [-0.15, -0.1) is 0 Å². The summed E-state index contributed by atoms with van der Waals surface area (Å²) in [7, 11) is -3.67. The van der Waals surface area contributed by atoms with Gasteiger partial charge in [0.1, 0.15) is 0 Å². The van der Waals surface area contributed by atoms with Gasteiger partial charge in [0.05, 0.1) is 10.6 Å². The molecule has 0 spiro atoms. The predicted molar refractivity (Wildman–Crippen MR) is 90.8 cm³/mol. The van der Waals surface area contributed by atoms with Gasteiger partial charge in [0.25, 0.3) is 10.0 Å². The average Bonchev–Trinajstić information content (AvgIpc) is 2.47. The van der Waals surface area contributed by atoms with Crippen molar-refractivity contribution in [1.82, 2.24) is 0 Å². The summed E-state index contributed by atoms with van der Waals surface area (Å²) in [5.41, 5.74) is 16.8. The lowest BCUT2D eigenvalue weighted by Gasteiger charge is -2.08. The molecule has 0 atom stereocenters. The molecule has 2 aromatic rings. The maximum Gasteiger partial charge on any atom is 0.261 e. The van der Waals surface area contributed by atoms with E-state index in [1.54, 1.807) is 30.3 Å². The minimum absolute atomic E-state index is 0.0979. The first-order chi connectivity index (χ1) is 10.9. The van der Waals surface area contributed by atoms with Crippen LogP contribution in [0.2, 0.25) is 0 Å². The topological polar surface area (TPSA) is 149 Å². The number of hydrogen-bond acceptors (Lipinski definition) is 3. The van der Waals surface area contributed by atoms with Crippen molar-refractivity contribution in [2.24, 2.45) is 27.2 Å². The molecule has 0 fully saturated rings. The normalized spacial score (nSPS) is 11.7. The van der Waals surface area contributed by atoms with E-state index in [2.05, 4.69) is 14.7 Å². The fourth-order valence-electron chi connectivity index (χ4n) is 1.71. The SMILES string of the molecule is NC(N)=NC(N)=Nc1ccc(S(=O)(=O)Nc2ccccc2)cc1. The largest absolute Gasteiger partial charge is 0.370 e. The van der Waals surface area contributed by atoms with Crippen LogP contribution < -0.4 is 21.9 Å². The van der Waals surface area contributed by atoms with Crippen LogP contribution in [0, 0.1) is 0 Å². The Labute approximate surface area is 133 Å². The molecule has 0 aliphatic heterocycles. The number of guanidine groups is 2. The number of nitrogens with one attached hydrogen (secondary N) is 1. The Kier molecular flexibility index (Phi) is 4.82. The van der Waals surface area contributed by atoms with E-state index in [1.807, 2.05) is 0 Å². The van der Waals surface area contributed by atoms with E-state index < -0.39 is 10.0 Å². The third kappa shape index (κ3) is 4.71. The Hall–Kier alpha value is -3.07. The van der Waals surface area contributed by atoms with Gasteiger partial charge >= 0.3 is 0 Å². The number of nitrogens with zero attached hydrogens (tertiary/aromatic N) is 2. The van der Waals surface area contributed by atoms with E-state index >= 15 is 0 Å². The van der Waals surface area contributed by atoms with Gasteiger partial charge in [0.15, 0.2) is 5.96 Å². The summed E-state index contributed by atoms with van der Waals surface area (Å²) in [6.07, 6.45) is 0. The molecule has 23 heavy (non-hydrogen) atoms. The van der Waals surface area contributed by atoms with Crippen LogP contribution in [0.3, 0.4) is 0 Å². The van der Waals surface area contributed by atoms with Gasteiger partial charge in [-0.25, -0.2) is 13.4 Å². The van der Waals surface area contributed by atoms with Crippen LogP contribution >= 0.6 is 0 Å². The lowest BCUT2D eigenvalue weighted by Crippen LogP contribution is -2.26. The summed E-state index contributed by atoms with van der Waals surface area (Å²) < 4.78 is 27.0. The molecule has 0 aliphatic carbocycles. The van der Waals surface area contributed by atoms with Gasteiger partial charge < -0.3 is 17.2 Å². The number of benzene rings is 2. The third-order valence-electron chi connectivity index (χ3n) is 2.66. The summed E-state index contributed by atoms with van der Waals surface area (Å²) in [5, 5.41) is 0. The van der Waals surface area contributed by atoms with Gasteiger partial charge in [-0.1, -0.05) is 18.2 Å². The minimum Gasteiger partial charge on any atom is -0.370 e. The average molecular weight is 332 g/mol. The smallest absolute Gasteiger partial charge is 0.261 e. The van der Waals surface area contributed by atoms with Crippen molar-refractivity contribution in [3.63, 3.8) is 0 Å². The van der Waals surface area contributed by atoms with Crippen LogP contribution in [-0.2, 0) is 10.0 Å². The maximum atomic E-state index is 12.3. The van der Waals surface area contributed by atoms with Gasteiger partial charge in [-0.3, -0.25) is 4.72 Å². The molecule has 0 aliphatic rings. The highest BCUT2D eigenvalue weighted by Crippen LogP contribution is 2.19. The number of hydrogen-bond donors (Lipinski definition) is 4. The van der Waals surface area contributed by atoms with E-state index in [0.29, 0.717) is 11.4 Å². The van der Waals surface area contributed by atoms with Gasteiger partial charge in [-0.05, 0) is 36.4 Å². The monoisotopic (exact) mass is 332 g/mol. The molecule has 0 saturated heterocycles. The summed E-state index contributed by atoms with van der Waals surface area (Å²) in [4.78, 5) is 7.60. The Bertz CT molecular complexity index is 825. The molecular formula is C14H16N6O2S. The van der Waals surface area contributed by atoms with Crippen molar-refractivity contribution >= 4 is 33.3 Å². The zero-order valence-corrected chi connectivity index (χ0v) is 12.9. The van der Waals surface area contributed by atoms with E-state index in [4.69, 9.17) is 17.2 Å². The van der Waals surface area contributed by atoms with E-state index in [0.717, 1.165) is 0 Å². The van der Waals surface area contributed by atoms with Gasteiger partial charge in [0, 0.05) is 5.69 Å². The second-order valence-electron chi connectivity index (χ2n) is 4.47. The molecule has 0 amide bonds. The summed E-state index contributed by atoms with van der Waals surface area (Å²) >= 11 is 0. The number of sulfonamides is 1. The molecule has 8 nitrogen and oxygen atoms in total.